The van der Waals surface area contributed by atoms with Crippen molar-refractivity contribution in [2.75, 3.05) is 26.9 Å². The van der Waals surface area contributed by atoms with Crippen molar-refractivity contribution < 1.29 is 28.6 Å². The second-order valence-corrected chi connectivity index (χ2v) is 23.7. The number of methoxy groups -OCH3 is 1. The molecule has 0 saturated carbocycles. The van der Waals surface area contributed by atoms with E-state index in [9.17, 15) is 14.4 Å². The van der Waals surface area contributed by atoms with Gasteiger partial charge in [-0.3, -0.25) is 14.4 Å². The third kappa shape index (κ3) is 37.5. The Balaban J connectivity index is 1.51. The maximum atomic E-state index is 14.8. The Labute approximate surface area is 496 Å². The van der Waals surface area contributed by atoms with Crippen LogP contribution in [0.1, 0.15) is 287 Å². The number of nitrogens with one attached hydrogen (secondary N) is 1. The Morgan fingerprint density at radius 2 is 0.815 bits per heavy atom. The van der Waals surface area contributed by atoms with Crippen LogP contribution in [0, 0.1) is 0 Å². The molecule has 9 heteroatoms. The van der Waals surface area contributed by atoms with Gasteiger partial charge in [0, 0.05) is 18.1 Å². The first-order valence-corrected chi connectivity index (χ1v) is 33.7. The summed E-state index contributed by atoms with van der Waals surface area (Å²) >= 11 is 0. The molecule has 3 N–H and O–H groups in total. The first kappa shape index (κ1) is 70.9. The minimum absolute atomic E-state index is 0.0688. The molecule has 0 bridgehead atoms. The Morgan fingerprint density at radius 3 is 1.20 bits per heavy atom. The van der Waals surface area contributed by atoms with E-state index in [2.05, 4.69) is 19.2 Å². The van der Waals surface area contributed by atoms with Crippen LogP contribution in [0.25, 0.3) is 0 Å². The molecule has 0 radical (unpaired) electrons. The molecule has 0 aliphatic rings. The number of nitrogens with zero attached hydrogens (tertiary/aromatic N) is 1. The number of carbonyl (C=O) groups is 3. The molecule has 0 fully saturated rings. The standard InChI is InChI=1S/C72H119N3O6/c1-4-6-8-10-12-14-16-18-20-22-24-26-28-30-32-34-36-38-40-48-56-80-66-55-54-65(69(60-66)81-57-49-41-39-37-35-33-31-29-27-25-23-21-19-17-15-13-11-9-7-5-2)61-75(62-70(76)79-3)72(78)68(59-64-52-46-43-47-53-64)74-71(77)67(73)58-63-50-44-42-45-51-63/h42-47,50-55,60,67-68H,4-41,48-49,56-59,61-62,73H2,1-3H3,(H,74,77)/t67-,68-/m0/s1. The van der Waals surface area contributed by atoms with Gasteiger partial charge < -0.3 is 30.2 Å². The Kier molecular flexibility index (Phi) is 43.9. The number of esters is 1. The van der Waals surface area contributed by atoms with Gasteiger partial charge in [-0.25, -0.2) is 0 Å². The highest BCUT2D eigenvalue weighted by molar-refractivity contribution is 5.91. The monoisotopic (exact) mass is 1120 g/mol. The van der Waals surface area contributed by atoms with Gasteiger partial charge in [0.05, 0.1) is 32.9 Å². The molecule has 2 amide bonds. The van der Waals surface area contributed by atoms with Gasteiger partial charge in [-0.2, -0.15) is 0 Å². The van der Waals surface area contributed by atoms with Gasteiger partial charge in [0.25, 0.3) is 0 Å². The third-order valence-electron chi connectivity index (χ3n) is 16.3. The molecule has 458 valence electrons. The van der Waals surface area contributed by atoms with E-state index in [-0.39, 0.29) is 19.5 Å². The molecule has 0 saturated heterocycles. The number of unbranched alkanes of at least 4 members (excludes halogenated alkanes) is 38. The summed E-state index contributed by atoms with van der Waals surface area (Å²) in [7, 11) is 1.32. The predicted molar refractivity (Wildman–Crippen MR) is 341 cm³/mol. The Morgan fingerprint density at radius 1 is 0.457 bits per heavy atom. The van der Waals surface area contributed by atoms with Gasteiger partial charge in [-0.15, -0.1) is 0 Å². The number of carbonyl (C=O) groups excluding carboxylic acids is 3. The van der Waals surface area contributed by atoms with Crippen molar-refractivity contribution in [2.24, 2.45) is 5.73 Å². The maximum Gasteiger partial charge on any atom is 0.325 e. The van der Waals surface area contributed by atoms with Crippen LogP contribution in [0.3, 0.4) is 0 Å². The van der Waals surface area contributed by atoms with Crippen LogP contribution in [0.2, 0.25) is 0 Å². The van der Waals surface area contributed by atoms with Crippen molar-refractivity contribution in [3.63, 3.8) is 0 Å². The molecule has 3 aromatic carbocycles. The quantitative estimate of drug-likeness (QED) is 0.0427. The molecule has 0 aliphatic carbocycles. The molecule has 0 aliphatic heterocycles. The van der Waals surface area contributed by atoms with Crippen LogP contribution >= 0.6 is 0 Å². The average Bonchev–Trinajstić information content (AvgIpc) is 3.48. The van der Waals surface area contributed by atoms with Gasteiger partial charge in [-0.05, 0) is 42.5 Å². The second kappa shape index (κ2) is 50.2. The number of hydrogen-bond acceptors (Lipinski definition) is 7. The first-order valence-electron chi connectivity index (χ1n) is 33.7. The van der Waals surface area contributed by atoms with Gasteiger partial charge in [0.1, 0.15) is 24.1 Å². The first-order chi connectivity index (χ1) is 39.8. The molecule has 0 unspecified atom stereocenters. The number of nitrogens with two attached hydrogens (primary N) is 1. The van der Waals surface area contributed by atoms with Crippen molar-refractivity contribution in [3.05, 3.63) is 95.6 Å². The molecule has 9 nitrogen and oxygen atoms in total. The summed E-state index contributed by atoms with van der Waals surface area (Å²) in [4.78, 5) is 43.0. The summed E-state index contributed by atoms with van der Waals surface area (Å²) in [6.07, 6.45) is 54.2. The van der Waals surface area contributed by atoms with E-state index >= 15 is 0 Å². The fourth-order valence-electron chi connectivity index (χ4n) is 11.1. The third-order valence-corrected chi connectivity index (χ3v) is 16.3. The maximum absolute atomic E-state index is 14.8. The zero-order valence-corrected chi connectivity index (χ0v) is 52.2. The van der Waals surface area contributed by atoms with Crippen molar-refractivity contribution in [2.45, 2.75) is 302 Å². The van der Waals surface area contributed by atoms with Crippen LogP contribution < -0.4 is 20.5 Å². The Hall–Kier alpha value is -4.37. The number of benzene rings is 3. The summed E-state index contributed by atoms with van der Waals surface area (Å²) < 4.78 is 18.0. The topological polar surface area (TPSA) is 120 Å². The van der Waals surface area contributed by atoms with E-state index in [1.807, 2.05) is 78.9 Å². The highest BCUT2D eigenvalue weighted by Gasteiger charge is 2.30. The van der Waals surface area contributed by atoms with E-state index in [0.717, 1.165) is 48.1 Å². The lowest BCUT2D eigenvalue weighted by molar-refractivity contribution is -0.148. The molecule has 0 aromatic heterocycles. The van der Waals surface area contributed by atoms with E-state index in [1.54, 1.807) is 0 Å². The fraction of sp³-hybridized carbons (Fsp3) is 0.708. The average molecular weight is 1120 g/mol. The van der Waals surface area contributed by atoms with Gasteiger partial charge >= 0.3 is 5.97 Å². The van der Waals surface area contributed by atoms with Crippen molar-refractivity contribution in [3.8, 4) is 11.5 Å². The Bertz CT molecular complexity index is 1950. The van der Waals surface area contributed by atoms with Gasteiger partial charge in [0.15, 0.2) is 0 Å². The zero-order chi connectivity index (χ0) is 57.9. The SMILES string of the molecule is CCCCCCCCCCCCCCCCCCCCCCOc1ccc(CN(CC(=O)OC)C(=O)[C@H](Cc2ccccc2)NC(=O)[C@@H](N)Cc2ccccc2)c(OCCCCCCCCCCCCCCCCCCCCCC)c1. The highest BCUT2D eigenvalue weighted by atomic mass is 16.5. The number of ether oxygens (including phenoxy) is 3. The summed E-state index contributed by atoms with van der Waals surface area (Å²) in [5, 5.41) is 2.97. The normalized spacial score (nSPS) is 12.0. The molecular formula is C72H119N3O6. The number of amides is 2. The van der Waals surface area contributed by atoms with Crippen LogP contribution in [-0.2, 0) is 38.5 Å². The number of hydrogen-bond donors (Lipinski definition) is 2. The second-order valence-electron chi connectivity index (χ2n) is 23.7. The molecule has 3 aromatic rings. The fourth-order valence-corrected chi connectivity index (χ4v) is 11.1. The summed E-state index contributed by atoms with van der Waals surface area (Å²) in [5.74, 6) is -0.0563. The van der Waals surface area contributed by atoms with E-state index in [1.165, 1.54) is 243 Å². The van der Waals surface area contributed by atoms with Crippen LogP contribution in [-0.4, -0.2) is 61.6 Å². The summed E-state index contributed by atoms with van der Waals surface area (Å²) in [5.41, 5.74) is 8.99. The minimum atomic E-state index is -0.989. The van der Waals surface area contributed by atoms with Crippen LogP contribution in [0.4, 0.5) is 0 Å². The molecule has 3 rings (SSSR count). The zero-order valence-electron chi connectivity index (χ0n) is 52.2. The molecule has 0 heterocycles. The smallest absolute Gasteiger partial charge is 0.325 e. The summed E-state index contributed by atoms with van der Waals surface area (Å²) in [6, 6.07) is 23.1. The molecular weight excluding hydrogens is 1000 g/mol. The van der Waals surface area contributed by atoms with Crippen molar-refractivity contribution >= 4 is 17.8 Å². The van der Waals surface area contributed by atoms with Crippen LogP contribution in [0.15, 0.2) is 78.9 Å². The van der Waals surface area contributed by atoms with E-state index in [4.69, 9.17) is 19.9 Å². The number of rotatable bonds is 55. The molecule has 81 heavy (non-hydrogen) atoms. The summed E-state index contributed by atoms with van der Waals surface area (Å²) in [6.45, 7) is 5.50. The predicted octanol–water partition coefficient (Wildman–Crippen LogP) is 18.9. The minimum Gasteiger partial charge on any atom is -0.493 e. The lowest BCUT2D eigenvalue weighted by atomic mass is 10.0. The molecule has 2 atom stereocenters. The molecule has 0 spiro atoms. The van der Waals surface area contributed by atoms with Crippen LogP contribution in [0.5, 0.6) is 11.5 Å². The van der Waals surface area contributed by atoms with E-state index < -0.39 is 29.9 Å². The highest BCUT2D eigenvalue weighted by Crippen LogP contribution is 2.28. The van der Waals surface area contributed by atoms with Gasteiger partial charge in [0.2, 0.25) is 11.8 Å². The van der Waals surface area contributed by atoms with Crippen molar-refractivity contribution in [1.82, 2.24) is 10.2 Å². The van der Waals surface area contributed by atoms with E-state index in [0.29, 0.717) is 25.4 Å². The van der Waals surface area contributed by atoms with Gasteiger partial charge in [-0.1, -0.05) is 319 Å². The lowest BCUT2D eigenvalue weighted by Gasteiger charge is -2.29. The lowest BCUT2D eigenvalue weighted by Crippen LogP contribution is -2.54. The largest absolute Gasteiger partial charge is 0.493 e. The van der Waals surface area contributed by atoms with Crippen molar-refractivity contribution in [1.29, 1.82) is 0 Å².